The van der Waals surface area contributed by atoms with Crippen molar-refractivity contribution in [2.75, 3.05) is 38.7 Å². The van der Waals surface area contributed by atoms with Gasteiger partial charge >= 0.3 is 0 Å². The van der Waals surface area contributed by atoms with Gasteiger partial charge in [0.25, 0.3) is 0 Å². The number of hydrogen-bond donors (Lipinski definition) is 2. The van der Waals surface area contributed by atoms with E-state index >= 15 is 0 Å². The first-order valence-electron chi connectivity index (χ1n) is 5.51. The molecule has 0 aliphatic carbocycles. The summed E-state index contributed by atoms with van der Waals surface area (Å²) in [5.74, 6) is 0.123. The molecule has 1 rings (SSSR count). The van der Waals surface area contributed by atoms with Crippen molar-refractivity contribution in [1.29, 1.82) is 0 Å². The van der Waals surface area contributed by atoms with Crippen molar-refractivity contribution >= 4 is 10.0 Å². The maximum absolute atomic E-state index is 11.5. The lowest BCUT2D eigenvalue weighted by Gasteiger charge is -2.23. The summed E-state index contributed by atoms with van der Waals surface area (Å²) in [5, 5.41) is 0. The van der Waals surface area contributed by atoms with Crippen molar-refractivity contribution < 1.29 is 17.9 Å². The van der Waals surface area contributed by atoms with E-state index in [4.69, 9.17) is 15.2 Å². The fourth-order valence-electron chi connectivity index (χ4n) is 1.38. The number of sulfonamides is 1. The smallest absolute Gasteiger partial charge is 0.211 e. The maximum atomic E-state index is 11.5. The number of rotatable bonds is 7. The van der Waals surface area contributed by atoms with Crippen molar-refractivity contribution in [2.45, 2.75) is 18.9 Å². The Morgan fingerprint density at radius 1 is 1.31 bits per heavy atom. The van der Waals surface area contributed by atoms with Crippen molar-refractivity contribution in [3.63, 3.8) is 0 Å². The average molecular weight is 252 g/mol. The Morgan fingerprint density at radius 2 is 2.12 bits per heavy atom. The Hall–Kier alpha value is -0.210. The SMILES string of the molecule is NCCCCS(=O)(=O)NCC1COCCO1. The summed E-state index contributed by atoms with van der Waals surface area (Å²) in [5.41, 5.74) is 5.30. The van der Waals surface area contributed by atoms with Crippen LogP contribution in [0.5, 0.6) is 0 Å². The molecule has 0 saturated carbocycles. The molecule has 1 saturated heterocycles. The number of hydrogen-bond acceptors (Lipinski definition) is 5. The molecule has 7 heteroatoms. The van der Waals surface area contributed by atoms with Crippen LogP contribution in [0.25, 0.3) is 0 Å². The minimum absolute atomic E-state index is 0.123. The molecule has 16 heavy (non-hydrogen) atoms. The molecule has 1 fully saturated rings. The van der Waals surface area contributed by atoms with Gasteiger partial charge in [0.1, 0.15) is 0 Å². The van der Waals surface area contributed by atoms with Gasteiger partial charge in [-0.05, 0) is 19.4 Å². The highest BCUT2D eigenvalue weighted by atomic mass is 32.2. The van der Waals surface area contributed by atoms with Gasteiger partial charge in [0.15, 0.2) is 0 Å². The van der Waals surface area contributed by atoms with E-state index in [2.05, 4.69) is 4.72 Å². The van der Waals surface area contributed by atoms with Crippen LogP contribution < -0.4 is 10.5 Å². The minimum atomic E-state index is -3.19. The maximum Gasteiger partial charge on any atom is 0.211 e. The molecule has 0 amide bonds. The van der Waals surface area contributed by atoms with E-state index in [1.165, 1.54) is 0 Å². The van der Waals surface area contributed by atoms with Crippen molar-refractivity contribution in [3.05, 3.63) is 0 Å². The van der Waals surface area contributed by atoms with Crippen molar-refractivity contribution in [1.82, 2.24) is 4.72 Å². The summed E-state index contributed by atoms with van der Waals surface area (Å²) in [6.07, 6.45) is 1.15. The largest absolute Gasteiger partial charge is 0.376 e. The molecule has 1 atom stereocenters. The van der Waals surface area contributed by atoms with Gasteiger partial charge in [0.05, 0.1) is 31.7 Å². The summed E-state index contributed by atoms with van der Waals surface area (Å²) in [6.45, 7) is 2.37. The fraction of sp³-hybridized carbons (Fsp3) is 1.00. The van der Waals surface area contributed by atoms with E-state index in [0.717, 1.165) is 6.42 Å². The molecule has 0 radical (unpaired) electrons. The standard InChI is InChI=1S/C9H20N2O4S/c10-3-1-2-6-16(12,13)11-7-9-8-14-4-5-15-9/h9,11H,1-8,10H2. The summed E-state index contributed by atoms with van der Waals surface area (Å²) in [7, 11) is -3.19. The lowest BCUT2D eigenvalue weighted by atomic mass is 10.3. The monoisotopic (exact) mass is 252 g/mol. The molecule has 1 unspecified atom stereocenters. The molecular weight excluding hydrogens is 232 g/mol. The first kappa shape index (κ1) is 13.9. The Morgan fingerprint density at radius 3 is 2.75 bits per heavy atom. The Kier molecular flexibility index (Phi) is 6.22. The van der Waals surface area contributed by atoms with Crippen LogP contribution in [0.3, 0.4) is 0 Å². The third-order valence-corrected chi connectivity index (χ3v) is 3.72. The number of unbranched alkanes of at least 4 members (excludes halogenated alkanes) is 1. The zero-order valence-corrected chi connectivity index (χ0v) is 10.2. The highest BCUT2D eigenvalue weighted by molar-refractivity contribution is 7.89. The van der Waals surface area contributed by atoms with Gasteiger partial charge < -0.3 is 15.2 Å². The van der Waals surface area contributed by atoms with Crippen LogP contribution in [0.2, 0.25) is 0 Å². The van der Waals surface area contributed by atoms with Crippen LogP contribution in [0.1, 0.15) is 12.8 Å². The number of ether oxygens (including phenoxy) is 2. The molecule has 96 valence electrons. The van der Waals surface area contributed by atoms with Gasteiger partial charge in [-0.15, -0.1) is 0 Å². The van der Waals surface area contributed by atoms with Crippen LogP contribution in [0.4, 0.5) is 0 Å². The van der Waals surface area contributed by atoms with Gasteiger partial charge in [-0.2, -0.15) is 0 Å². The van der Waals surface area contributed by atoms with E-state index in [-0.39, 0.29) is 18.4 Å². The van der Waals surface area contributed by atoms with Gasteiger partial charge in [-0.1, -0.05) is 0 Å². The molecule has 6 nitrogen and oxygen atoms in total. The summed E-state index contributed by atoms with van der Waals surface area (Å²) < 4.78 is 36.0. The Bertz CT molecular complexity index is 275. The molecule has 0 aromatic carbocycles. The van der Waals surface area contributed by atoms with E-state index in [0.29, 0.717) is 32.8 Å². The molecule has 1 heterocycles. The average Bonchev–Trinajstić information content (AvgIpc) is 2.28. The lowest BCUT2D eigenvalue weighted by Crippen LogP contribution is -2.40. The zero-order chi connectivity index (χ0) is 11.9. The second kappa shape index (κ2) is 7.18. The van der Waals surface area contributed by atoms with E-state index in [1.807, 2.05) is 0 Å². The second-order valence-corrected chi connectivity index (χ2v) is 5.66. The molecule has 0 spiro atoms. The zero-order valence-electron chi connectivity index (χ0n) is 9.35. The predicted octanol–water partition coefficient (Wildman–Crippen LogP) is -0.940. The van der Waals surface area contributed by atoms with Crippen molar-refractivity contribution in [3.8, 4) is 0 Å². The predicted molar refractivity (Wildman–Crippen MR) is 60.6 cm³/mol. The normalized spacial score (nSPS) is 22.2. The second-order valence-electron chi connectivity index (χ2n) is 3.73. The van der Waals surface area contributed by atoms with Crippen LogP contribution in [-0.4, -0.2) is 53.2 Å². The van der Waals surface area contributed by atoms with Crippen LogP contribution >= 0.6 is 0 Å². The molecular formula is C9H20N2O4S. The quantitative estimate of drug-likeness (QED) is 0.571. The molecule has 0 aromatic heterocycles. The first-order valence-corrected chi connectivity index (χ1v) is 7.16. The van der Waals surface area contributed by atoms with Gasteiger partial charge in [-0.25, -0.2) is 13.1 Å². The highest BCUT2D eigenvalue weighted by Crippen LogP contribution is 2.00. The van der Waals surface area contributed by atoms with E-state index < -0.39 is 10.0 Å². The number of nitrogens with two attached hydrogens (primary N) is 1. The third kappa shape index (κ3) is 5.76. The number of nitrogens with one attached hydrogen (secondary N) is 1. The fourth-order valence-corrected chi connectivity index (χ4v) is 2.55. The summed E-state index contributed by atoms with van der Waals surface area (Å²) in [6, 6.07) is 0. The lowest BCUT2D eigenvalue weighted by molar-refractivity contribution is -0.0846. The molecule has 0 bridgehead atoms. The summed E-state index contributed by atoms with van der Waals surface area (Å²) in [4.78, 5) is 0. The molecule has 3 N–H and O–H groups in total. The third-order valence-electron chi connectivity index (χ3n) is 2.28. The molecule has 1 aliphatic heterocycles. The van der Waals surface area contributed by atoms with E-state index in [9.17, 15) is 8.42 Å². The minimum Gasteiger partial charge on any atom is -0.376 e. The van der Waals surface area contributed by atoms with Crippen LogP contribution in [-0.2, 0) is 19.5 Å². The van der Waals surface area contributed by atoms with Crippen LogP contribution in [0.15, 0.2) is 0 Å². The van der Waals surface area contributed by atoms with Crippen molar-refractivity contribution in [2.24, 2.45) is 5.73 Å². The highest BCUT2D eigenvalue weighted by Gasteiger charge is 2.17. The molecule has 0 aromatic rings. The van der Waals surface area contributed by atoms with Gasteiger partial charge in [0.2, 0.25) is 10.0 Å². The topological polar surface area (TPSA) is 90.7 Å². The van der Waals surface area contributed by atoms with Crippen LogP contribution in [0, 0.1) is 0 Å². The first-order chi connectivity index (χ1) is 7.64. The summed E-state index contributed by atoms with van der Waals surface area (Å²) >= 11 is 0. The molecule has 1 aliphatic rings. The Balaban J connectivity index is 2.18. The van der Waals surface area contributed by atoms with Gasteiger partial charge in [-0.3, -0.25) is 0 Å². The van der Waals surface area contributed by atoms with E-state index in [1.54, 1.807) is 0 Å². The van der Waals surface area contributed by atoms with Gasteiger partial charge in [0, 0.05) is 6.54 Å². The Labute approximate surface area is 96.5 Å².